The number of carbonyl (C=O) groups excluding carboxylic acids is 6. The average molecular weight is 907 g/mol. The average Bonchev–Trinajstić information content (AvgIpc) is 3.23. The summed E-state index contributed by atoms with van der Waals surface area (Å²) in [4.78, 5) is 84.8. The summed E-state index contributed by atoms with van der Waals surface area (Å²) >= 11 is 0. The Bertz CT molecular complexity index is 2170. The van der Waals surface area contributed by atoms with Crippen LogP contribution >= 0.6 is 0 Å². The molecule has 17 nitrogen and oxygen atoms in total. The zero-order valence-corrected chi connectivity index (χ0v) is 38.9. The first-order chi connectivity index (χ1) is 30.5. The summed E-state index contributed by atoms with van der Waals surface area (Å²) in [6, 6.07) is 15.0. The quantitative estimate of drug-likeness (QED) is 0.145. The Hall–Kier alpha value is -5.20. The minimum Gasteiger partial charge on any atom is -0.455 e. The minimum absolute atomic E-state index is 0.103. The third kappa shape index (κ3) is 8.92. The largest absolute Gasteiger partial charge is 0.455 e. The van der Waals surface area contributed by atoms with Crippen LogP contribution in [0.25, 0.3) is 0 Å². The summed E-state index contributed by atoms with van der Waals surface area (Å²) in [6.45, 7) is 12.3. The summed E-state index contributed by atoms with van der Waals surface area (Å²) in [7, 11) is 4.28. The van der Waals surface area contributed by atoms with Gasteiger partial charge in [-0.1, -0.05) is 62.4 Å². The van der Waals surface area contributed by atoms with Crippen molar-refractivity contribution in [2.75, 3.05) is 34.4 Å². The van der Waals surface area contributed by atoms with Gasteiger partial charge in [-0.05, 0) is 70.5 Å². The monoisotopic (exact) mass is 906 g/mol. The van der Waals surface area contributed by atoms with Gasteiger partial charge in [0.15, 0.2) is 11.4 Å². The number of hydrogen-bond donors (Lipinski definition) is 3. The van der Waals surface area contributed by atoms with E-state index in [1.165, 1.54) is 40.3 Å². The Morgan fingerprint density at radius 3 is 2.11 bits per heavy atom. The number of nitrogens with one attached hydrogen (secondary N) is 2. The molecule has 4 aliphatic rings. The van der Waals surface area contributed by atoms with Gasteiger partial charge in [-0.3, -0.25) is 14.4 Å². The number of likely N-dealkylation sites (N-methyl/N-ethyl adjacent to an activating group) is 1. The molecule has 354 valence electrons. The molecule has 1 amide bonds. The number of fused-ring (bicyclic) bond motifs is 5. The predicted molar refractivity (Wildman–Crippen MR) is 231 cm³/mol. The van der Waals surface area contributed by atoms with Crippen LogP contribution in [-0.2, 0) is 57.1 Å². The Morgan fingerprint density at radius 1 is 0.938 bits per heavy atom. The molecule has 0 unspecified atom stereocenters. The number of Topliss-reactive ketones (excluding diaryl/α,β-unsaturated/α-hetero) is 1. The topological polar surface area (TPSA) is 221 Å². The Kier molecular flexibility index (Phi) is 14.1. The van der Waals surface area contributed by atoms with Gasteiger partial charge >= 0.3 is 30.0 Å². The van der Waals surface area contributed by atoms with Crippen molar-refractivity contribution in [3.63, 3.8) is 0 Å². The van der Waals surface area contributed by atoms with E-state index in [2.05, 4.69) is 10.6 Å². The van der Waals surface area contributed by atoms with Crippen LogP contribution in [0.5, 0.6) is 0 Å². The van der Waals surface area contributed by atoms with Crippen molar-refractivity contribution in [1.82, 2.24) is 10.6 Å². The lowest BCUT2D eigenvalue weighted by molar-refractivity contribution is -0.347. The number of rotatable bonds is 13. The number of esters is 4. The first-order valence-electron chi connectivity index (χ1n) is 21.7. The number of aliphatic hydroxyl groups is 1. The molecule has 3 aliphatic carbocycles. The lowest BCUT2D eigenvalue weighted by Crippen LogP contribution is -2.82. The second-order valence-corrected chi connectivity index (χ2v) is 19.0. The lowest BCUT2D eigenvalue weighted by Gasteiger charge is -2.67. The van der Waals surface area contributed by atoms with Crippen LogP contribution in [0, 0.1) is 16.7 Å². The van der Waals surface area contributed by atoms with E-state index >= 15 is 4.79 Å². The fraction of sp³-hybridized carbons (Fsp3) is 0.583. The molecule has 0 aromatic heterocycles. The zero-order valence-electron chi connectivity index (χ0n) is 38.9. The van der Waals surface area contributed by atoms with E-state index in [0.29, 0.717) is 11.1 Å². The molecule has 0 radical (unpaired) electrons. The van der Waals surface area contributed by atoms with Crippen LogP contribution < -0.4 is 10.6 Å². The molecule has 2 saturated carbocycles. The van der Waals surface area contributed by atoms with Crippen molar-refractivity contribution >= 4 is 35.8 Å². The van der Waals surface area contributed by atoms with Crippen molar-refractivity contribution in [2.45, 2.75) is 128 Å². The van der Waals surface area contributed by atoms with E-state index in [-0.39, 0.29) is 30.7 Å². The van der Waals surface area contributed by atoms with E-state index < -0.39 is 118 Å². The standard InChI is InChI=1S/C48H62N2O15/c1-26-30(61-42(55)37(62-33(52)24-49-9)35(28-18-14-12-15-19-28)50-43(56)65-44(3,4)5)23-48(57)40(63-41(54)29-20-16-13-17-21-29)38-46(8,39(53)36(59-11)34(26)45(48,6)7)31(58-10)22-32-47(38,25-60-32)64-27(2)51/h12-21,30-32,35-38,40,49,57H,22-25H2,1-11H3,(H,50,56)/t30-,31-,32+,35-,36-,37+,38-,40-,46+,47-,48+/m0/s1. The smallest absolute Gasteiger partial charge is 0.408 e. The van der Waals surface area contributed by atoms with E-state index in [1.54, 1.807) is 97.0 Å². The van der Waals surface area contributed by atoms with Gasteiger partial charge in [0.2, 0.25) is 6.10 Å². The maximum atomic E-state index is 15.7. The predicted octanol–water partition coefficient (Wildman–Crippen LogP) is 4.34. The number of ketones is 1. The molecule has 0 spiro atoms. The highest BCUT2D eigenvalue weighted by Gasteiger charge is 2.78. The summed E-state index contributed by atoms with van der Waals surface area (Å²) in [5, 5.41) is 19.3. The molecule has 3 N–H and O–H groups in total. The molecule has 65 heavy (non-hydrogen) atoms. The van der Waals surface area contributed by atoms with Gasteiger partial charge < -0.3 is 53.6 Å². The molecule has 1 saturated heterocycles. The fourth-order valence-electron chi connectivity index (χ4n) is 10.5. The minimum atomic E-state index is -2.27. The fourth-order valence-corrected chi connectivity index (χ4v) is 10.5. The number of amides is 1. The third-order valence-electron chi connectivity index (χ3n) is 13.6. The highest BCUT2D eigenvalue weighted by molar-refractivity contribution is 5.94. The lowest BCUT2D eigenvalue weighted by atomic mass is 9.44. The zero-order chi connectivity index (χ0) is 47.9. The molecule has 1 aliphatic heterocycles. The molecule has 2 aromatic carbocycles. The molecule has 3 fully saturated rings. The molecular weight excluding hydrogens is 845 g/mol. The second kappa shape index (κ2) is 18.6. The van der Waals surface area contributed by atoms with Crippen molar-refractivity contribution in [1.29, 1.82) is 0 Å². The van der Waals surface area contributed by atoms with Crippen LogP contribution in [0.15, 0.2) is 71.8 Å². The molecular formula is C48H62N2O15. The van der Waals surface area contributed by atoms with Crippen molar-refractivity contribution < 1.29 is 71.8 Å². The molecule has 1 heterocycles. The van der Waals surface area contributed by atoms with E-state index in [9.17, 15) is 29.1 Å². The summed E-state index contributed by atoms with van der Waals surface area (Å²) in [5.74, 6) is -5.43. The summed E-state index contributed by atoms with van der Waals surface area (Å²) in [6.07, 6.45) is -9.41. The Labute approximate surface area is 379 Å². The molecule has 11 atom stereocenters. The second-order valence-electron chi connectivity index (χ2n) is 19.0. The number of benzene rings is 2. The number of carbonyl (C=O) groups is 6. The highest BCUT2D eigenvalue weighted by atomic mass is 16.6. The van der Waals surface area contributed by atoms with E-state index in [4.69, 9.17) is 37.9 Å². The highest BCUT2D eigenvalue weighted by Crippen LogP contribution is 2.64. The molecule has 2 bridgehead atoms. The Morgan fingerprint density at radius 2 is 1.57 bits per heavy atom. The number of alkyl carbamates (subject to hydrolysis) is 1. The van der Waals surface area contributed by atoms with Crippen LogP contribution in [0.1, 0.15) is 90.2 Å². The molecule has 17 heteroatoms. The SMILES string of the molecule is CNCC(=O)O[C@@H](C(=O)O[C@H]1C[C@@]2(O)[C@@H](OC(=O)c3ccccc3)[C@@H]3[C@]4(OC(C)=O)CO[C@@H]4C[C@H](OC)[C@@]3(C)C(=O)[C@@H](OC)C(=C1C)C2(C)C)[C@@H](NC(=O)OC(C)(C)C)c1ccccc1. The van der Waals surface area contributed by atoms with Gasteiger partial charge in [0.05, 0.1) is 36.2 Å². The summed E-state index contributed by atoms with van der Waals surface area (Å²) < 4.78 is 48.7. The molecule has 2 aromatic rings. The van der Waals surface area contributed by atoms with Gasteiger partial charge in [-0.2, -0.15) is 0 Å². The van der Waals surface area contributed by atoms with Crippen LogP contribution in [0.4, 0.5) is 4.79 Å². The van der Waals surface area contributed by atoms with Crippen molar-refractivity contribution in [3.8, 4) is 0 Å². The van der Waals surface area contributed by atoms with Gasteiger partial charge in [0, 0.05) is 39.4 Å². The van der Waals surface area contributed by atoms with Gasteiger partial charge in [-0.15, -0.1) is 0 Å². The first-order valence-corrected chi connectivity index (χ1v) is 21.7. The van der Waals surface area contributed by atoms with Crippen LogP contribution in [0.3, 0.4) is 0 Å². The van der Waals surface area contributed by atoms with Crippen LogP contribution in [0.2, 0.25) is 0 Å². The van der Waals surface area contributed by atoms with Gasteiger partial charge in [-0.25, -0.2) is 14.4 Å². The normalized spacial score (nSPS) is 31.2. The van der Waals surface area contributed by atoms with Crippen molar-refractivity contribution in [2.24, 2.45) is 16.7 Å². The maximum absolute atomic E-state index is 15.7. The van der Waals surface area contributed by atoms with Gasteiger partial charge in [0.25, 0.3) is 0 Å². The molecule has 6 rings (SSSR count). The number of hydrogen-bond acceptors (Lipinski definition) is 16. The van der Waals surface area contributed by atoms with E-state index in [0.717, 1.165) is 0 Å². The third-order valence-corrected chi connectivity index (χ3v) is 13.6. The Balaban J connectivity index is 1.56. The maximum Gasteiger partial charge on any atom is 0.408 e. The summed E-state index contributed by atoms with van der Waals surface area (Å²) in [5.41, 5.74) is -7.00. The van der Waals surface area contributed by atoms with Gasteiger partial charge in [0.1, 0.15) is 41.7 Å². The number of methoxy groups -OCH3 is 2. The van der Waals surface area contributed by atoms with E-state index in [1.807, 2.05) is 0 Å². The first kappa shape index (κ1) is 49.2. The van der Waals surface area contributed by atoms with Crippen LogP contribution in [-0.4, -0.2) is 129 Å². The number of ether oxygens (including phenoxy) is 8. The van der Waals surface area contributed by atoms with Crippen molar-refractivity contribution in [3.05, 3.63) is 82.9 Å².